The fourth-order valence-corrected chi connectivity index (χ4v) is 4.25. The maximum Gasteiger partial charge on any atom is 0.416 e. The number of carbonyl (C=O) groups excluding carboxylic acids is 3. The third kappa shape index (κ3) is 7.07. The molecule has 3 rings (SSSR count). The summed E-state index contributed by atoms with van der Waals surface area (Å²) in [5.74, 6) is -1.28. The van der Waals surface area contributed by atoms with Crippen LogP contribution in [0.25, 0.3) is 0 Å². The number of rotatable bonds is 9. The Kier molecular flexibility index (Phi) is 9.28. The number of benzene rings is 2. The van der Waals surface area contributed by atoms with Gasteiger partial charge in [-0.25, -0.2) is 5.48 Å². The minimum Gasteiger partial charge on any atom is -0.351 e. The first-order valence-corrected chi connectivity index (χ1v) is 12.0. The standard InChI is InChI=1S/C26H31F3N4O4/c1-2-18-7-9-19(10-8-18)23(35)32-37-17-25(11-13-33(14-12-25)22(34)15-30)24(36)31-16-20-5-3-4-6-21(20)26(27,28)29/h3-10H,2,11-17,30H2,1H3,(H,31,36)(H,32,35). The van der Waals surface area contributed by atoms with Gasteiger partial charge in [0.1, 0.15) is 0 Å². The molecule has 1 aliphatic rings. The predicted molar refractivity (Wildman–Crippen MR) is 130 cm³/mol. The largest absolute Gasteiger partial charge is 0.416 e. The number of nitrogens with zero attached hydrogens (tertiary/aromatic N) is 1. The highest BCUT2D eigenvalue weighted by Crippen LogP contribution is 2.34. The molecule has 0 spiro atoms. The molecule has 0 aliphatic carbocycles. The molecule has 2 aromatic rings. The summed E-state index contributed by atoms with van der Waals surface area (Å²) in [7, 11) is 0. The van der Waals surface area contributed by atoms with Crippen molar-refractivity contribution in [3.63, 3.8) is 0 Å². The first kappa shape index (κ1) is 28.1. The highest BCUT2D eigenvalue weighted by Gasteiger charge is 2.43. The molecule has 1 heterocycles. The van der Waals surface area contributed by atoms with Crippen LogP contribution in [0.3, 0.4) is 0 Å². The molecule has 3 amide bonds. The van der Waals surface area contributed by atoms with Gasteiger partial charge in [0.25, 0.3) is 5.91 Å². The number of hydrogen-bond acceptors (Lipinski definition) is 5. The number of alkyl halides is 3. The third-order valence-electron chi connectivity index (χ3n) is 6.63. The van der Waals surface area contributed by atoms with Crippen LogP contribution in [0.2, 0.25) is 0 Å². The molecule has 4 N–H and O–H groups in total. The molecular formula is C26H31F3N4O4. The quantitative estimate of drug-likeness (QED) is 0.440. The van der Waals surface area contributed by atoms with E-state index in [0.29, 0.717) is 5.56 Å². The van der Waals surface area contributed by atoms with Crippen LogP contribution in [0.15, 0.2) is 48.5 Å². The molecule has 11 heteroatoms. The zero-order valence-corrected chi connectivity index (χ0v) is 20.6. The Morgan fingerprint density at radius 1 is 1.05 bits per heavy atom. The number of nitrogens with two attached hydrogens (primary N) is 1. The van der Waals surface area contributed by atoms with Crippen LogP contribution in [0, 0.1) is 5.41 Å². The van der Waals surface area contributed by atoms with Gasteiger partial charge in [-0.15, -0.1) is 0 Å². The monoisotopic (exact) mass is 520 g/mol. The number of carbonyl (C=O) groups is 3. The molecule has 1 fully saturated rings. The van der Waals surface area contributed by atoms with Crippen molar-refractivity contribution in [2.75, 3.05) is 26.2 Å². The lowest BCUT2D eigenvalue weighted by atomic mass is 9.78. The number of hydrogen-bond donors (Lipinski definition) is 3. The fraction of sp³-hybridized carbons (Fsp3) is 0.423. The Balaban J connectivity index is 1.69. The molecule has 0 bridgehead atoms. The molecule has 37 heavy (non-hydrogen) atoms. The minimum absolute atomic E-state index is 0.0704. The third-order valence-corrected chi connectivity index (χ3v) is 6.63. The zero-order valence-electron chi connectivity index (χ0n) is 20.6. The second-order valence-electron chi connectivity index (χ2n) is 8.97. The molecule has 0 radical (unpaired) electrons. The van der Waals surface area contributed by atoms with Crippen LogP contribution >= 0.6 is 0 Å². The number of hydroxylamine groups is 1. The molecular weight excluding hydrogens is 489 g/mol. The maximum absolute atomic E-state index is 13.4. The average Bonchev–Trinajstić information content (AvgIpc) is 2.91. The van der Waals surface area contributed by atoms with Crippen LogP contribution in [0.1, 0.15) is 46.8 Å². The highest BCUT2D eigenvalue weighted by atomic mass is 19.4. The van der Waals surface area contributed by atoms with Crippen molar-refractivity contribution in [3.05, 3.63) is 70.8 Å². The molecule has 0 saturated carbocycles. The SMILES string of the molecule is CCc1ccc(C(=O)NOCC2(C(=O)NCc3ccccc3C(F)(F)F)CCN(C(=O)CN)CC2)cc1. The van der Waals surface area contributed by atoms with Gasteiger partial charge in [-0.05, 0) is 48.6 Å². The Morgan fingerprint density at radius 2 is 1.70 bits per heavy atom. The number of nitrogens with one attached hydrogen (secondary N) is 2. The van der Waals surface area contributed by atoms with Crippen molar-refractivity contribution in [3.8, 4) is 0 Å². The van der Waals surface area contributed by atoms with Gasteiger partial charge in [-0.3, -0.25) is 19.2 Å². The van der Waals surface area contributed by atoms with Gasteiger partial charge in [0.15, 0.2) is 0 Å². The number of halogens is 3. The Bertz CT molecular complexity index is 1100. The van der Waals surface area contributed by atoms with E-state index >= 15 is 0 Å². The lowest BCUT2D eigenvalue weighted by molar-refractivity contribution is -0.146. The van der Waals surface area contributed by atoms with Gasteiger partial charge in [0.05, 0.1) is 24.1 Å². The van der Waals surface area contributed by atoms with E-state index in [1.54, 1.807) is 12.1 Å². The molecule has 0 unspecified atom stereocenters. The molecule has 0 atom stereocenters. The molecule has 0 aromatic heterocycles. The van der Waals surface area contributed by atoms with Crippen molar-refractivity contribution in [1.29, 1.82) is 0 Å². The van der Waals surface area contributed by atoms with Crippen LogP contribution < -0.4 is 16.5 Å². The predicted octanol–water partition coefficient (Wildman–Crippen LogP) is 2.81. The van der Waals surface area contributed by atoms with E-state index in [1.165, 1.54) is 23.1 Å². The van der Waals surface area contributed by atoms with Gasteiger partial charge >= 0.3 is 6.18 Å². The van der Waals surface area contributed by atoms with Gasteiger partial charge in [-0.2, -0.15) is 13.2 Å². The smallest absolute Gasteiger partial charge is 0.351 e. The van der Waals surface area contributed by atoms with Crippen LogP contribution in [-0.2, 0) is 33.6 Å². The normalized spacial score (nSPS) is 15.2. The average molecular weight is 521 g/mol. The molecule has 1 saturated heterocycles. The summed E-state index contributed by atoms with van der Waals surface area (Å²) in [5.41, 5.74) is 7.17. The van der Waals surface area contributed by atoms with Crippen LogP contribution in [-0.4, -0.2) is 48.9 Å². The van der Waals surface area contributed by atoms with Gasteiger partial charge in [0, 0.05) is 25.2 Å². The first-order chi connectivity index (χ1) is 17.6. The first-order valence-electron chi connectivity index (χ1n) is 12.0. The highest BCUT2D eigenvalue weighted by molar-refractivity contribution is 5.93. The van der Waals surface area contributed by atoms with Crippen molar-refractivity contribution in [2.45, 2.75) is 38.9 Å². The van der Waals surface area contributed by atoms with E-state index in [0.717, 1.165) is 18.1 Å². The van der Waals surface area contributed by atoms with E-state index in [1.807, 2.05) is 19.1 Å². The summed E-state index contributed by atoms with van der Waals surface area (Å²) in [6.45, 7) is 1.71. The second-order valence-corrected chi connectivity index (χ2v) is 8.97. The van der Waals surface area contributed by atoms with Gasteiger partial charge in [-0.1, -0.05) is 37.3 Å². The summed E-state index contributed by atoms with van der Waals surface area (Å²) in [6, 6.07) is 12.0. The number of aryl methyl sites for hydroxylation is 1. The maximum atomic E-state index is 13.4. The van der Waals surface area contributed by atoms with Crippen molar-refractivity contribution in [1.82, 2.24) is 15.7 Å². The summed E-state index contributed by atoms with van der Waals surface area (Å²) < 4.78 is 40.1. The van der Waals surface area contributed by atoms with Crippen molar-refractivity contribution >= 4 is 17.7 Å². The Morgan fingerprint density at radius 3 is 2.30 bits per heavy atom. The lowest BCUT2D eigenvalue weighted by Gasteiger charge is -2.40. The van der Waals surface area contributed by atoms with Crippen LogP contribution in [0.5, 0.6) is 0 Å². The van der Waals surface area contributed by atoms with Gasteiger partial charge in [0.2, 0.25) is 11.8 Å². The Hall–Kier alpha value is -3.44. The lowest BCUT2D eigenvalue weighted by Crippen LogP contribution is -2.53. The fourth-order valence-electron chi connectivity index (χ4n) is 4.25. The zero-order chi connectivity index (χ0) is 27.1. The number of piperidine rings is 1. The van der Waals surface area contributed by atoms with E-state index in [9.17, 15) is 27.6 Å². The van der Waals surface area contributed by atoms with E-state index < -0.39 is 29.0 Å². The molecule has 2 aromatic carbocycles. The summed E-state index contributed by atoms with van der Waals surface area (Å²) in [4.78, 5) is 44.8. The molecule has 200 valence electrons. The summed E-state index contributed by atoms with van der Waals surface area (Å²) in [5, 5.41) is 2.60. The van der Waals surface area contributed by atoms with Crippen LogP contribution in [0.4, 0.5) is 13.2 Å². The van der Waals surface area contributed by atoms with E-state index in [-0.39, 0.29) is 57.1 Å². The minimum atomic E-state index is -4.56. The van der Waals surface area contributed by atoms with E-state index in [2.05, 4.69) is 10.8 Å². The topological polar surface area (TPSA) is 114 Å². The number of likely N-dealkylation sites (tertiary alicyclic amines) is 1. The van der Waals surface area contributed by atoms with Crippen molar-refractivity contribution < 1.29 is 32.4 Å². The summed E-state index contributed by atoms with van der Waals surface area (Å²) >= 11 is 0. The number of amides is 3. The summed E-state index contributed by atoms with van der Waals surface area (Å²) in [6.07, 6.45) is -3.36. The molecule has 8 nitrogen and oxygen atoms in total. The van der Waals surface area contributed by atoms with E-state index in [4.69, 9.17) is 10.6 Å². The van der Waals surface area contributed by atoms with Crippen molar-refractivity contribution in [2.24, 2.45) is 11.1 Å². The Labute approximate surface area is 213 Å². The second kappa shape index (κ2) is 12.2. The van der Waals surface area contributed by atoms with Gasteiger partial charge < -0.3 is 16.0 Å². The molecule has 1 aliphatic heterocycles.